The van der Waals surface area contributed by atoms with Crippen molar-refractivity contribution in [2.45, 2.75) is 13.7 Å². The predicted octanol–water partition coefficient (Wildman–Crippen LogP) is 2.12. The first kappa shape index (κ1) is 7.99. The maximum atomic E-state index is 5.30. The quantitative estimate of drug-likeness (QED) is 0.561. The van der Waals surface area contributed by atoms with E-state index in [4.69, 9.17) is 9.31 Å². The van der Waals surface area contributed by atoms with E-state index in [2.05, 4.69) is 6.58 Å². The SMILES string of the molecule is C=CC1=C(/C=C\C)OB(C)O1. The molecule has 0 bridgehead atoms. The van der Waals surface area contributed by atoms with E-state index in [0.717, 1.165) is 11.5 Å². The highest BCUT2D eigenvalue weighted by Crippen LogP contribution is 2.20. The fraction of sp³-hybridized carbons (Fsp3) is 0.250. The van der Waals surface area contributed by atoms with Crippen molar-refractivity contribution in [1.82, 2.24) is 0 Å². The summed E-state index contributed by atoms with van der Waals surface area (Å²) < 4.78 is 10.6. The molecule has 0 saturated heterocycles. The molecule has 58 valence electrons. The summed E-state index contributed by atoms with van der Waals surface area (Å²) in [5, 5.41) is 0. The van der Waals surface area contributed by atoms with Crippen LogP contribution in [0.25, 0.3) is 0 Å². The highest BCUT2D eigenvalue weighted by molar-refractivity contribution is 6.44. The summed E-state index contributed by atoms with van der Waals surface area (Å²) in [6, 6.07) is 0. The Kier molecular flexibility index (Phi) is 2.42. The second-order valence-electron chi connectivity index (χ2n) is 2.24. The molecule has 0 fully saturated rings. The van der Waals surface area contributed by atoms with Crippen molar-refractivity contribution in [3.05, 3.63) is 36.3 Å². The van der Waals surface area contributed by atoms with Crippen LogP contribution in [0.5, 0.6) is 0 Å². The van der Waals surface area contributed by atoms with Gasteiger partial charge in [-0.05, 0) is 25.9 Å². The zero-order chi connectivity index (χ0) is 8.27. The lowest BCUT2D eigenvalue weighted by molar-refractivity contribution is 0.393. The molecule has 0 aromatic carbocycles. The first-order valence-corrected chi connectivity index (χ1v) is 3.60. The fourth-order valence-corrected chi connectivity index (χ4v) is 0.919. The Morgan fingerprint density at radius 3 is 2.55 bits per heavy atom. The average Bonchev–Trinajstić information content (AvgIpc) is 2.32. The molecule has 0 atom stereocenters. The molecule has 0 aromatic heterocycles. The third-order valence-corrected chi connectivity index (χ3v) is 1.33. The van der Waals surface area contributed by atoms with Crippen LogP contribution >= 0.6 is 0 Å². The Morgan fingerprint density at radius 2 is 2.00 bits per heavy atom. The van der Waals surface area contributed by atoms with Gasteiger partial charge in [0.2, 0.25) is 0 Å². The Labute approximate surface area is 67.3 Å². The maximum absolute atomic E-state index is 5.30. The molecule has 1 rings (SSSR count). The van der Waals surface area contributed by atoms with Crippen molar-refractivity contribution in [3.8, 4) is 0 Å². The number of rotatable bonds is 2. The van der Waals surface area contributed by atoms with E-state index in [1.807, 2.05) is 25.9 Å². The topological polar surface area (TPSA) is 18.5 Å². The molecule has 3 heteroatoms. The van der Waals surface area contributed by atoms with Crippen LogP contribution in [0.3, 0.4) is 0 Å². The van der Waals surface area contributed by atoms with Crippen LogP contribution in [-0.4, -0.2) is 7.12 Å². The summed E-state index contributed by atoms with van der Waals surface area (Å²) in [6.45, 7) is 7.39. The minimum Gasteiger partial charge on any atom is -0.523 e. The largest absolute Gasteiger partial charge is 0.591 e. The van der Waals surface area contributed by atoms with E-state index < -0.39 is 0 Å². The van der Waals surface area contributed by atoms with Gasteiger partial charge in [0.05, 0.1) is 0 Å². The van der Waals surface area contributed by atoms with Crippen LogP contribution in [-0.2, 0) is 9.31 Å². The van der Waals surface area contributed by atoms with Gasteiger partial charge in [-0.2, -0.15) is 0 Å². The first-order valence-electron chi connectivity index (χ1n) is 3.60. The zero-order valence-electron chi connectivity index (χ0n) is 6.83. The van der Waals surface area contributed by atoms with Crippen molar-refractivity contribution >= 4 is 7.12 Å². The van der Waals surface area contributed by atoms with E-state index in [0.29, 0.717) is 0 Å². The summed E-state index contributed by atoms with van der Waals surface area (Å²) in [5.74, 6) is 1.48. The summed E-state index contributed by atoms with van der Waals surface area (Å²) in [4.78, 5) is 0. The van der Waals surface area contributed by atoms with Crippen LogP contribution in [0.2, 0.25) is 6.82 Å². The molecule has 0 aliphatic carbocycles. The van der Waals surface area contributed by atoms with Gasteiger partial charge in [0.1, 0.15) is 11.5 Å². The van der Waals surface area contributed by atoms with E-state index in [1.165, 1.54) is 0 Å². The fourth-order valence-electron chi connectivity index (χ4n) is 0.919. The minimum absolute atomic E-state index is 0.186. The second-order valence-corrected chi connectivity index (χ2v) is 2.24. The van der Waals surface area contributed by atoms with Crippen molar-refractivity contribution < 1.29 is 9.31 Å². The Balaban J connectivity index is 2.79. The third kappa shape index (κ3) is 1.67. The van der Waals surface area contributed by atoms with E-state index >= 15 is 0 Å². The highest BCUT2D eigenvalue weighted by Gasteiger charge is 2.25. The molecule has 1 aliphatic rings. The van der Waals surface area contributed by atoms with Crippen LogP contribution in [0.1, 0.15) is 6.92 Å². The normalized spacial score (nSPS) is 17.1. The molecule has 0 spiro atoms. The molecule has 0 aromatic rings. The predicted molar refractivity (Wildman–Crippen MR) is 45.8 cm³/mol. The summed E-state index contributed by atoms with van der Waals surface area (Å²) in [6.07, 6.45) is 5.42. The molecule has 2 nitrogen and oxygen atoms in total. The smallest absolute Gasteiger partial charge is 0.523 e. The van der Waals surface area contributed by atoms with Crippen LogP contribution in [0.15, 0.2) is 36.3 Å². The first-order chi connectivity index (χ1) is 5.27. The standard InChI is InChI=1S/C8H11BO2/c1-4-6-8-7(5-2)10-9(3)11-8/h4-6H,2H2,1,3H3/b6-4-. The summed E-state index contributed by atoms with van der Waals surface area (Å²) in [5.41, 5.74) is 0. The molecule has 0 amide bonds. The third-order valence-electron chi connectivity index (χ3n) is 1.33. The second kappa shape index (κ2) is 3.33. The minimum atomic E-state index is -0.186. The lowest BCUT2D eigenvalue weighted by atomic mass is 9.97. The number of hydrogen-bond donors (Lipinski definition) is 0. The molecule has 1 heterocycles. The van der Waals surface area contributed by atoms with E-state index in [-0.39, 0.29) is 7.12 Å². The monoisotopic (exact) mass is 150 g/mol. The van der Waals surface area contributed by atoms with Crippen LogP contribution in [0.4, 0.5) is 0 Å². The molecule has 0 saturated carbocycles. The summed E-state index contributed by atoms with van der Waals surface area (Å²) >= 11 is 0. The molecule has 1 aliphatic heterocycles. The van der Waals surface area contributed by atoms with Crippen LogP contribution in [0, 0.1) is 0 Å². The molecule has 11 heavy (non-hydrogen) atoms. The molecular weight excluding hydrogens is 139 g/mol. The van der Waals surface area contributed by atoms with Gasteiger partial charge >= 0.3 is 7.12 Å². The van der Waals surface area contributed by atoms with Gasteiger partial charge in [-0.3, -0.25) is 0 Å². The maximum Gasteiger partial charge on any atom is 0.591 e. The molecule has 0 radical (unpaired) electrons. The van der Waals surface area contributed by atoms with Gasteiger partial charge in [-0.1, -0.05) is 12.7 Å². The van der Waals surface area contributed by atoms with Crippen molar-refractivity contribution in [2.24, 2.45) is 0 Å². The molecule has 0 N–H and O–H groups in total. The van der Waals surface area contributed by atoms with Gasteiger partial charge in [-0.25, -0.2) is 0 Å². The van der Waals surface area contributed by atoms with Gasteiger partial charge in [0.25, 0.3) is 0 Å². The van der Waals surface area contributed by atoms with Crippen molar-refractivity contribution in [2.75, 3.05) is 0 Å². The van der Waals surface area contributed by atoms with Crippen LogP contribution < -0.4 is 0 Å². The summed E-state index contributed by atoms with van der Waals surface area (Å²) in [7, 11) is -0.186. The van der Waals surface area contributed by atoms with Gasteiger partial charge < -0.3 is 9.31 Å². The van der Waals surface area contributed by atoms with Crippen molar-refractivity contribution in [3.63, 3.8) is 0 Å². The Morgan fingerprint density at radius 1 is 1.36 bits per heavy atom. The van der Waals surface area contributed by atoms with Gasteiger partial charge in [0, 0.05) is 0 Å². The highest BCUT2D eigenvalue weighted by atomic mass is 16.6. The average molecular weight is 150 g/mol. The Hall–Kier alpha value is -1.12. The van der Waals surface area contributed by atoms with Gasteiger partial charge in [-0.15, -0.1) is 0 Å². The zero-order valence-corrected chi connectivity index (χ0v) is 6.83. The van der Waals surface area contributed by atoms with E-state index in [9.17, 15) is 0 Å². The number of hydrogen-bond acceptors (Lipinski definition) is 2. The molecular formula is C8H11BO2. The van der Waals surface area contributed by atoms with Gasteiger partial charge in [0.15, 0.2) is 0 Å². The van der Waals surface area contributed by atoms with E-state index in [1.54, 1.807) is 6.08 Å². The number of allylic oxidation sites excluding steroid dienone is 3. The van der Waals surface area contributed by atoms with Crippen molar-refractivity contribution in [1.29, 1.82) is 0 Å². The lowest BCUT2D eigenvalue weighted by Gasteiger charge is -1.96. The Bertz CT molecular complexity index is 218. The lowest BCUT2D eigenvalue weighted by Crippen LogP contribution is -2.07. The molecule has 0 unspecified atom stereocenters.